The summed E-state index contributed by atoms with van der Waals surface area (Å²) in [5.41, 5.74) is 0.814. The predicted octanol–water partition coefficient (Wildman–Crippen LogP) is 0.743. The van der Waals surface area contributed by atoms with Crippen molar-refractivity contribution in [2.75, 3.05) is 13.2 Å². The minimum absolute atomic E-state index is 0.0870. The van der Waals surface area contributed by atoms with E-state index in [1.54, 1.807) is 5.38 Å². The number of nitrogens with one attached hydrogen (secondary N) is 1. The van der Waals surface area contributed by atoms with Gasteiger partial charge < -0.3 is 10.4 Å². The lowest BCUT2D eigenvalue weighted by Crippen LogP contribution is -2.31. The SMILES string of the molecule is Cc1csc(=O)n1CC(=O)NCCCC(C)CO. The van der Waals surface area contributed by atoms with E-state index in [1.165, 1.54) is 4.57 Å². The van der Waals surface area contributed by atoms with E-state index in [2.05, 4.69) is 5.32 Å². The van der Waals surface area contributed by atoms with Crippen LogP contribution in [0.25, 0.3) is 0 Å². The molecule has 1 aromatic heterocycles. The molecule has 2 N–H and O–H groups in total. The molecule has 1 amide bonds. The number of carbonyl (C=O) groups excluding carboxylic acids is 1. The molecule has 1 rings (SSSR count). The summed E-state index contributed by atoms with van der Waals surface area (Å²) in [7, 11) is 0. The van der Waals surface area contributed by atoms with Crippen molar-refractivity contribution in [3.05, 3.63) is 20.7 Å². The van der Waals surface area contributed by atoms with E-state index in [0.29, 0.717) is 6.54 Å². The summed E-state index contributed by atoms with van der Waals surface area (Å²) >= 11 is 1.11. The van der Waals surface area contributed by atoms with Crippen molar-refractivity contribution < 1.29 is 9.90 Å². The topological polar surface area (TPSA) is 71.3 Å². The first-order valence-electron chi connectivity index (χ1n) is 6.07. The van der Waals surface area contributed by atoms with Crippen LogP contribution in [0.3, 0.4) is 0 Å². The van der Waals surface area contributed by atoms with Crippen LogP contribution >= 0.6 is 11.3 Å². The molecule has 6 heteroatoms. The molecule has 0 saturated heterocycles. The van der Waals surface area contributed by atoms with Gasteiger partial charge in [-0.1, -0.05) is 18.3 Å². The summed E-state index contributed by atoms with van der Waals surface area (Å²) in [6, 6.07) is 0. The van der Waals surface area contributed by atoms with Crippen molar-refractivity contribution in [1.82, 2.24) is 9.88 Å². The minimum Gasteiger partial charge on any atom is -0.396 e. The lowest BCUT2D eigenvalue weighted by molar-refractivity contribution is -0.121. The maximum atomic E-state index is 11.6. The van der Waals surface area contributed by atoms with Crippen LogP contribution in [0.5, 0.6) is 0 Å². The molecular formula is C12H20N2O3S. The van der Waals surface area contributed by atoms with Crippen LogP contribution < -0.4 is 10.2 Å². The van der Waals surface area contributed by atoms with Gasteiger partial charge in [0.25, 0.3) is 0 Å². The molecule has 1 aromatic rings. The van der Waals surface area contributed by atoms with Crippen molar-refractivity contribution in [2.45, 2.75) is 33.2 Å². The van der Waals surface area contributed by atoms with Crippen LogP contribution in [0.4, 0.5) is 0 Å². The molecule has 0 aromatic carbocycles. The Morgan fingerprint density at radius 1 is 1.61 bits per heavy atom. The van der Waals surface area contributed by atoms with Gasteiger partial charge in [0.15, 0.2) is 0 Å². The molecule has 0 aliphatic heterocycles. The van der Waals surface area contributed by atoms with E-state index in [0.717, 1.165) is 29.9 Å². The molecule has 0 fully saturated rings. The van der Waals surface area contributed by atoms with Gasteiger partial charge in [0.2, 0.25) is 5.91 Å². The van der Waals surface area contributed by atoms with Crippen molar-refractivity contribution in [1.29, 1.82) is 0 Å². The van der Waals surface area contributed by atoms with E-state index < -0.39 is 0 Å². The molecular weight excluding hydrogens is 252 g/mol. The highest BCUT2D eigenvalue weighted by molar-refractivity contribution is 7.07. The van der Waals surface area contributed by atoms with E-state index in [4.69, 9.17) is 5.11 Å². The van der Waals surface area contributed by atoms with Crippen molar-refractivity contribution in [2.24, 2.45) is 5.92 Å². The molecule has 18 heavy (non-hydrogen) atoms. The van der Waals surface area contributed by atoms with Crippen LogP contribution in [0.2, 0.25) is 0 Å². The molecule has 0 saturated carbocycles. The molecule has 0 bridgehead atoms. The molecule has 0 radical (unpaired) electrons. The lowest BCUT2D eigenvalue weighted by atomic mass is 10.1. The molecule has 1 atom stereocenters. The summed E-state index contributed by atoms with van der Waals surface area (Å²) in [5, 5.41) is 13.4. The molecule has 102 valence electrons. The van der Waals surface area contributed by atoms with Gasteiger partial charge in [-0.3, -0.25) is 14.2 Å². The van der Waals surface area contributed by atoms with Gasteiger partial charge in [-0.15, -0.1) is 0 Å². The van der Waals surface area contributed by atoms with Gasteiger partial charge in [-0.05, 0) is 25.7 Å². The number of aryl methyl sites for hydroxylation is 1. The fourth-order valence-corrected chi connectivity index (χ4v) is 2.30. The van der Waals surface area contributed by atoms with Crippen LogP contribution in [-0.2, 0) is 11.3 Å². The Morgan fingerprint density at radius 3 is 2.89 bits per heavy atom. The van der Waals surface area contributed by atoms with Crippen LogP contribution in [0.15, 0.2) is 10.2 Å². The van der Waals surface area contributed by atoms with Gasteiger partial charge in [0, 0.05) is 24.2 Å². The van der Waals surface area contributed by atoms with E-state index in [9.17, 15) is 9.59 Å². The fourth-order valence-electron chi connectivity index (χ4n) is 1.57. The molecule has 0 spiro atoms. The van der Waals surface area contributed by atoms with Gasteiger partial charge >= 0.3 is 4.87 Å². The molecule has 1 unspecified atom stereocenters. The molecule has 5 nitrogen and oxygen atoms in total. The average molecular weight is 272 g/mol. The average Bonchev–Trinajstić information content (AvgIpc) is 2.66. The zero-order valence-electron chi connectivity index (χ0n) is 10.8. The van der Waals surface area contributed by atoms with Crippen molar-refractivity contribution >= 4 is 17.2 Å². The fraction of sp³-hybridized carbons (Fsp3) is 0.667. The van der Waals surface area contributed by atoms with Gasteiger partial charge in [0.05, 0.1) is 0 Å². The van der Waals surface area contributed by atoms with E-state index in [-0.39, 0.29) is 29.8 Å². The van der Waals surface area contributed by atoms with Crippen molar-refractivity contribution in [3.63, 3.8) is 0 Å². The summed E-state index contributed by atoms with van der Waals surface area (Å²) in [6.07, 6.45) is 1.72. The zero-order chi connectivity index (χ0) is 13.5. The predicted molar refractivity (Wildman–Crippen MR) is 71.8 cm³/mol. The number of amides is 1. The van der Waals surface area contributed by atoms with E-state index >= 15 is 0 Å². The Bertz CT molecular complexity index is 439. The molecule has 0 aliphatic carbocycles. The van der Waals surface area contributed by atoms with Gasteiger partial charge in [0.1, 0.15) is 6.54 Å². The zero-order valence-corrected chi connectivity index (χ0v) is 11.6. The highest BCUT2D eigenvalue weighted by atomic mass is 32.1. The number of nitrogens with zero attached hydrogens (tertiary/aromatic N) is 1. The number of rotatable bonds is 7. The van der Waals surface area contributed by atoms with Crippen LogP contribution in [0.1, 0.15) is 25.5 Å². The van der Waals surface area contributed by atoms with Crippen LogP contribution in [0, 0.1) is 12.8 Å². The smallest absolute Gasteiger partial charge is 0.307 e. The first-order chi connectivity index (χ1) is 8.54. The maximum absolute atomic E-state index is 11.6. The molecule has 0 aliphatic rings. The monoisotopic (exact) mass is 272 g/mol. The Labute approximate surface area is 110 Å². The summed E-state index contributed by atoms with van der Waals surface area (Å²) in [4.78, 5) is 22.9. The second-order valence-corrected chi connectivity index (χ2v) is 5.33. The number of carbonyl (C=O) groups is 1. The third-order valence-electron chi connectivity index (χ3n) is 2.79. The normalized spacial score (nSPS) is 12.4. The Morgan fingerprint density at radius 2 is 2.33 bits per heavy atom. The van der Waals surface area contributed by atoms with Crippen molar-refractivity contribution in [3.8, 4) is 0 Å². The van der Waals surface area contributed by atoms with Gasteiger partial charge in [-0.25, -0.2) is 0 Å². The van der Waals surface area contributed by atoms with Gasteiger partial charge in [-0.2, -0.15) is 0 Å². The Balaban J connectivity index is 2.28. The maximum Gasteiger partial charge on any atom is 0.307 e. The number of hydrogen-bond acceptors (Lipinski definition) is 4. The third kappa shape index (κ3) is 4.62. The van der Waals surface area contributed by atoms with Crippen LogP contribution in [-0.4, -0.2) is 28.7 Å². The standard InChI is InChI=1S/C12H20N2O3S/c1-9(7-15)4-3-5-13-11(16)6-14-10(2)8-18-12(14)17/h8-9,15H,3-7H2,1-2H3,(H,13,16). The Kier molecular flexibility index (Phi) is 6.07. The third-order valence-corrected chi connectivity index (χ3v) is 3.67. The number of thiazole rings is 1. The summed E-state index contributed by atoms with van der Waals surface area (Å²) < 4.78 is 1.47. The second-order valence-electron chi connectivity index (χ2n) is 4.51. The highest BCUT2D eigenvalue weighted by Crippen LogP contribution is 2.03. The quantitative estimate of drug-likeness (QED) is 0.719. The first kappa shape index (κ1) is 14.9. The number of hydrogen-bond donors (Lipinski definition) is 2. The summed E-state index contributed by atoms with van der Waals surface area (Å²) in [5.74, 6) is 0.124. The number of aliphatic hydroxyl groups excluding tert-OH is 1. The largest absolute Gasteiger partial charge is 0.396 e. The number of aromatic nitrogens is 1. The summed E-state index contributed by atoms with van der Waals surface area (Å²) in [6.45, 7) is 4.63. The molecule has 1 heterocycles. The second kappa shape index (κ2) is 7.33. The Hall–Kier alpha value is -1.14. The lowest BCUT2D eigenvalue weighted by Gasteiger charge is -2.09. The number of aliphatic hydroxyl groups is 1. The van der Waals surface area contributed by atoms with E-state index in [1.807, 2.05) is 13.8 Å². The highest BCUT2D eigenvalue weighted by Gasteiger charge is 2.08. The first-order valence-corrected chi connectivity index (χ1v) is 6.95. The minimum atomic E-state index is -0.143.